The van der Waals surface area contributed by atoms with E-state index in [4.69, 9.17) is 0 Å². The van der Waals surface area contributed by atoms with E-state index in [1.165, 1.54) is 24.3 Å². The number of nitrogens with zero attached hydrogens (tertiary/aromatic N) is 3. The van der Waals surface area contributed by atoms with Gasteiger partial charge in [-0.15, -0.1) is 9.19 Å². The van der Waals surface area contributed by atoms with Gasteiger partial charge in [-0.05, 0) is 56.7 Å². The Kier molecular flexibility index (Phi) is 5.06. The number of sulfonamides is 1. The summed E-state index contributed by atoms with van der Waals surface area (Å²) in [7, 11) is -7.91. The van der Waals surface area contributed by atoms with Gasteiger partial charge in [-0.25, -0.2) is 8.42 Å². The SMILES string of the molecule is Cc1ccc(S(=O)(=O)Nc2c(C)ccc3c2nnn3S(=O)(=O)c2ccc(C)cc2)cc1. The third kappa shape index (κ3) is 3.79. The smallest absolute Gasteiger partial charge is 0.277 e. The molecule has 0 aliphatic carbocycles. The molecule has 1 heterocycles. The van der Waals surface area contributed by atoms with Crippen LogP contribution in [0.15, 0.2) is 70.5 Å². The number of rotatable bonds is 5. The Morgan fingerprint density at radius 3 is 1.87 bits per heavy atom. The van der Waals surface area contributed by atoms with E-state index in [-0.39, 0.29) is 26.5 Å². The van der Waals surface area contributed by atoms with Crippen molar-refractivity contribution in [2.45, 2.75) is 30.6 Å². The predicted molar refractivity (Wildman–Crippen MR) is 118 cm³/mol. The molecule has 0 unspecified atom stereocenters. The van der Waals surface area contributed by atoms with Gasteiger partial charge < -0.3 is 0 Å². The Hall–Kier alpha value is -3.24. The minimum atomic E-state index is -4.00. The van der Waals surface area contributed by atoms with Crippen LogP contribution in [0.4, 0.5) is 5.69 Å². The fourth-order valence-corrected chi connectivity index (χ4v) is 5.45. The molecule has 4 aromatic rings. The van der Waals surface area contributed by atoms with E-state index in [0.717, 1.165) is 15.2 Å². The highest BCUT2D eigenvalue weighted by Crippen LogP contribution is 2.29. The Bertz CT molecular complexity index is 1490. The number of hydrogen-bond acceptors (Lipinski definition) is 6. The molecule has 0 aliphatic heterocycles. The molecule has 31 heavy (non-hydrogen) atoms. The van der Waals surface area contributed by atoms with Crippen molar-refractivity contribution in [2.75, 3.05) is 4.72 Å². The molecule has 0 saturated carbocycles. The zero-order valence-corrected chi connectivity index (χ0v) is 18.7. The summed E-state index contributed by atoms with van der Waals surface area (Å²) < 4.78 is 55.3. The summed E-state index contributed by atoms with van der Waals surface area (Å²) in [6.07, 6.45) is 0. The Labute approximate surface area is 180 Å². The number of aromatic nitrogens is 3. The molecule has 3 aromatic carbocycles. The first-order chi connectivity index (χ1) is 14.6. The molecule has 160 valence electrons. The molecule has 0 spiro atoms. The average Bonchev–Trinajstić information content (AvgIpc) is 3.16. The number of aryl methyl sites for hydroxylation is 3. The third-order valence-corrected chi connectivity index (χ3v) is 7.87. The van der Waals surface area contributed by atoms with Crippen LogP contribution in [0.1, 0.15) is 16.7 Å². The number of nitrogens with one attached hydrogen (secondary N) is 1. The van der Waals surface area contributed by atoms with E-state index < -0.39 is 20.0 Å². The lowest BCUT2D eigenvalue weighted by molar-refractivity contribution is 0.579. The van der Waals surface area contributed by atoms with Crippen molar-refractivity contribution in [1.29, 1.82) is 0 Å². The van der Waals surface area contributed by atoms with Crippen LogP contribution in [0.2, 0.25) is 0 Å². The second kappa shape index (κ2) is 7.47. The summed E-state index contributed by atoms with van der Waals surface area (Å²) in [6, 6.07) is 16.0. The second-order valence-corrected chi connectivity index (χ2v) is 10.7. The summed E-state index contributed by atoms with van der Waals surface area (Å²) in [5.74, 6) is 0. The molecule has 1 N–H and O–H groups in total. The standard InChI is InChI=1S/C21H20N4O4S2/c1-14-4-9-17(10-5-14)30(26,27)23-20-16(3)8-13-19-21(20)22-24-25(19)31(28,29)18-11-6-15(2)7-12-18/h4-13,23H,1-3H3. The van der Waals surface area contributed by atoms with Crippen LogP contribution < -0.4 is 4.72 Å². The first-order valence-corrected chi connectivity index (χ1v) is 12.3. The highest BCUT2D eigenvalue weighted by Gasteiger charge is 2.25. The Morgan fingerprint density at radius 1 is 0.742 bits per heavy atom. The predicted octanol–water partition coefficient (Wildman–Crippen LogP) is 3.39. The van der Waals surface area contributed by atoms with Crippen molar-refractivity contribution in [1.82, 2.24) is 14.4 Å². The molecular weight excluding hydrogens is 436 g/mol. The topological polar surface area (TPSA) is 111 Å². The molecular formula is C21H20N4O4S2. The fourth-order valence-electron chi connectivity index (χ4n) is 3.10. The van der Waals surface area contributed by atoms with Gasteiger partial charge in [-0.2, -0.15) is 8.42 Å². The zero-order valence-electron chi connectivity index (χ0n) is 17.1. The Balaban J connectivity index is 1.82. The Morgan fingerprint density at radius 2 is 1.29 bits per heavy atom. The van der Waals surface area contributed by atoms with Crippen LogP contribution in [-0.4, -0.2) is 31.2 Å². The lowest BCUT2D eigenvalue weighted by atomic mass is 10.2. The average molecular weight is 457 g/mol. The molecule has 10 heteroatoms. The minimum Gasteiger partial charge on any atom is -0.277 e. The van der Waals surface area contributed by atoms with Crippen LogP contribution in [0.3, 0.4) is 0 Å². The normalized spacial score (nSPS) is 12.2. The van der Waals surface area contributed by atoms with Crippen molar-refractivity contribution in [3.05, 3.63) is 77.4 Å². The first-order valence-electron chi connectivity index (χ1n) is 9.36. The van der Waals surface area contributed by atoms with Crippen LogP contribution in [0.25, 0.3) is 11.0 Å². The van der Waals surface area contributed by atoms with Crippen LogP contribution in [0.5, 0.6) is 0 Å². The maximum absolute atomic E-state index is 13.1. The molecule has 0 aliphatic rings. The number of benzene rings is 3. The van der Waals surface area contributed by atoms with E-state index in [1.54, 1.807) is 43.3 Å². The monoisotopic (exact) mass is 456 g/mol. The van der Waals surface area contributed by atoms with Crippen molar-refractivity contribution < 1.29 is 16.8 Å². The summed E-state index contributed by atoms with van der Waals surface area (Å²) >= 11 is 0. The van der Waals surface area contributed by atoms with Gasteiger partial charge in [0.2, 0.25) is 0 Å². The molecule has 0 bridgehead atoms. The van der Waals surface area contributed by atoms with E-state index in [1.807, 2.05) is 13.8 Å². The molecule has 0 atom stereocenters. The highest BCUT2D eigenvalue weighted by molar-refractivity contribution is 7.92. The number of fused-ring (bicyclic) bond motifs is 1. The van der Waals surface area contributed by atoms with Gasteiger partial charge >= 0.3 is 0 Å². The maximum atomic E-state index is 13.1. The van der Waals surface area contributed by atoms with E-state index >= 15 is 0 Å². The van der Waals surface area contributed by atoms with Gasteiger partial charge in [-0.3, -0.25) is 4.72 Å². The molecule has 0 saturated heterocycles. The number of hydrogen-bond donors (Lipinski definition) is 1. The molecule has 0 amide bonds. The van der Waals surface area contributed by atoms with E-state index in [2.05, 4.69) is 15.0 Å². The van der Waals surface area contributed by atoms with E-state index in [0.29, 0.717) is 5.56 Å². The first kappa shape index (κ1) is 21.0. The number of anilines is 1. The lowest BCUT2D eigenvalue weighted by Crippen LogP contribution is -2.15. The molecule has 0 fully saturated rings. The van der Waals surface area contributed by atoms with Gasteiger partial charge in [-0.1, -0.05) is 46.7 Å². The van der Waals surface area contributed by atoms with Crippen molar-refractivity contribution in [3.8, 4) is 0 Å². The second-order valence-electron chi connectivity index (χ2n) is 7.29. The largest absolute Gasteiger partial charge is 0.284 e. The maximum Gasteiger partial charge on any atom is 0.284 e. The quantitative estimate of drug-likeness (QED) is 0.493. The van der Waals surface area contributed by atoms with Gasteiger partial charge in [0.05, 0.1) is 15.5 Å². The van der Waals surface area contributed by atoms with Crippen molar-refractivity contribution >= 4 is 36.8 Å². The minimum absolute atomic E-state index is 0.0623. The van der Waals surface area contributed by atoms with Crippen molar-refractivity contribution in [3.63, 3.8) is 0 Å². The highest BCUT2D eigenvalue weighted by atomic mass is 32.2. The molecule has 1 aromatic heterocycles. The third-order valence-electron chi connectivity index (χ3n) is 4.91. The van der Waals surface area contributed by atoms with Gasteiger partial charge in [0.1, 0.15) is 11.0 Å². The fraction of sp³-hybridized carbons (Fsp3) is 0.143. The summed E-state index contributed by atoms with van der Waals surface area (Å²) in [6.45, 7) is 5.43. The summed E-state index contributed by atoms with van der Waals surface area (Å²) in [5.41, 5.74) is 2.94. The summed E-state index contributed by atoms with van der Waals surface area (Å²) in [5, 5.41) is 7.81. The molecule has 4 rings (SSSR count). The lowest BCUT2D eigenvalue weighted by Gasteiger charge is -2.12. The summed E-state index contributed by atoms with van der Waals surface area (Å²) in [4.78, 5) is 0.154. The van der Waals surface area contributed by atoms with Gasteiger partial charge in [0, 0.05) is 0 Å². The molecule has 0 radical (unpaired) electrons. The van der Waals surface area contributed by atoms with Crippen molar-refractivity contribution in [2.24, 2.45) is 0 Å². The van der Waals surface area contributed by atoms with Gasteiger partial charge in [0.25, 0.3) is 20.0 Å². The van der Waals surface area contributed by atoms with Crippen LogP contribution in [0, 0.1) is 20.8 Å². The van der Waals surface area contributed by atoms with Crippen LogP contribution >= 0.6 is 0 Å². The van der Waals surface area contributed by atoms with E-state index in [9.17, 15) is 16.8 Å². The van der Waals surface area contributed by atoms with Gasteiger partial charge in [0.15, 0.2) is 0 Å². The molecule has 8 nitrogen and oxygen atoms in total. The van der Waals surface area contributed by atoms with Crippen LogP contribution in [-0.2, 0) is 20.0 Å². The zero-order chi connectivity index (χ0) is 22.4.